The molecule has 0 saturated heterocycles. The highest BCUT2D eigenvalue weighted by molar-refractivity contribution is 6.48. The summed E-state index contributed by atoms with van der Waals surface area (Å²) in [5, 5.41) is 39.6. The third kappa shape index (κ3) is 5.61. The van der Waals surface area contributed by atoms with Crippen LogP contribution >= 0.6 is 0 Å². The zero-order valence-electron chi connectivity index (χ0n) is 19.0. The Hall–Kier alpha value is -5.28. The SMILES string of the molecule is CC(C)(C)NN=C(C(=O)Nc1ccc([N+](=O)[O-])cc1[N+](=O)[O-])c1nc2ccc([N+](=O)[O-])cc2[nH]c1=O. The van der Waals surface area contributed by atoms with Crippen molar-refractivity contribution in [1.82, 2.24) is 15.4 Å². The Bertz CT molecular complexity index is 1510. The number of nitrogens with one attached hydrogen (secondary N) is 3. The summed E-state index contributed by atoms with van der Waals surface area (Å²) in [6.07, 6.45) is 0. The molecule has 1 aromatic heterocycles. The van der Waals surface area contributed by atoms with Crippen molar-refractivity contribution in [3.05, 3.63) is 82.8 Å². The summed E-state index contributed by atoms with van der Waals surface area (Å²) in [4.78, 5) is 63.4. The number of nitrogens with zero attached hydrogens (tertiary/aromatic N) is 5. The van der Waals surface area contributed by atoms with Gasteiger partial charge < -0.3 is 15.7 Å². The molecule has 0 spiro atoms. The minimum Gasteiger partial charge on any atom is -0.318 e. The molecule has 0 aliphatic carbocycles. The standard InChI is InChI=1S/C20H18N8O8/c1-20(2,3)25-24-17(16-18(29)23-14-8-10(26(31)32)4-6-12(14)21-16)19(30)22-13-7-5-11(27(33)34)9-15(13)28(35)36/h4-9,25H,1-3H3,(H,22,30)(H,23,29). The summed E-state index contributed by atoms with van der Waals surface area (Å²) in [5.74, 6) is -1.08. The van der Waals surface area contributed by atoms with E-state index < -0.39 is 54.6 Å². The van der Waals surface area contributed by atoms with Crippen molar-refractivity contribution in [2.75, 3.05) is 5.32 Å². The molecule has 16 nitrogen and oxygen atoms in total. The second kappa shape index (κ2) is 9.53. The lowest BCUT2D eigenvalue weighted by Crippen LogP contribution is -2.37. The molecule has 3 aromatic rings. The fourth-order valence-electron chi connectivity index (χ4n) is 2.86. The van der Waals surface area contributed by atoms with Gasteiger partial charge in [-0.15, -0.1) is 0 Å². The quantitative estimate of drug-likeness (QED) is 0.244. The zero-order chi connectivity index (χ0) is 26.8. The number of hydrogen-bond donors (Lipinski definition) is 3. The largest absolute Gasteiger partial charge is 0.318 e. The van der Waals surface area contributed by atoms with Gasteiger partial charge in [0.25, 0.3) is 28.5 Å². The van der Waals surface area contributed by atoms with Crippen LogP contribution in [0.2, 0.25) is 0 Å². The number of nitro benzene ring substituents is 3. The van der Waals surface area contributed by atoms with Crippen LogP contribution in [0.4, 0.5) is 22.7 Å². The second-order valence-corrected chi connectivity index (χ2v) is 8.37. The Labute approximate surface area is 200 Å². The van der Waals surface area contributed by atoms with Gasteiger partial charge in [0.05, 0.1) is 31.9 Å². The lowest BCUT2D eigenvalue weighted by atomic mass is 10.1. The molecule has 36 heavy (non-hydrogen) atoms. The van der Waals surface area contributed by atoms with Crippen molar-refractivity contribution >= 4 is 45.4 Å². The summed E-state index contributed by atoms with van der Waals surface area (Å²) in [6, 6.07) is 6.12. The summed E-state index contributed by atoms with van der Waals surface area (Å²) in [6.45, 7) is 5.14. The van der Waals surface area contributed by atoms with Gasteiger partial charge in [-0.3, -0.25) is 39.9 Å². The molecule has 3 rings (SSSR count). The van der Waals surface area contributed by atoms with E-state index in [1.165, 1.54) is 6.07 Å². The van der Waals surface area contributed by atoms with E-state index in [2.05, 4.69) is 25.8 Å². The van der Waals surface area contributed by atoms with Crippen molar-refractivity contribution < 1.29 is 19.6 Å². The number of hydrazone groups is 1. The number of anilines is 1. The Morgan fingerprint density at radius 3 is 2.17 bits per heavy atom. The summed E-state index contributed by atoms with van der Waals surface area (Å²) >= 11 is 0. The van der Waals surface area contributed by atoms with Crippen LogP contribution in [0.5, 0.6) is 0 Å². The molecule has 0 radical (unpaired) electrons. The van der Waals surface area contributed by atoms with Crippen molar-refractivity contribution in [3.8, 4) is 0 Å². The number of amides is 1. The van der Waals surface area contributed by atoms with E-state index in [0.29, 0.717) is 6.07 Å². The van der Waals surface area contributed by atoms with E-state index in [9.17, 15) is 39.9 Å². The van der Waals surface area contributed by atoms with Crippen LogP contribution in [0.25, 0.3) is 11.0 Å². The predicted octanol–water partition coefficient (Wildman–Crippen LogP) is 2.38. The number of H-pyrrole nitrogens is 1. The van der Waals surface area contributed by atoms with E-state index in [1.807, 2.05) is 0 Å². The maximum absolute atomic E-state index is 13.1. The molecule has 16 heteroatoms. The Morgan fingerprint density at radius 2 is 1.58 bits per heavy atom. The van der Waals surface area contributed by atoms with E-state index in [4.69, 9.17) is 0 Å². The molecule has 0 bridgehead atoms. The van der Waals surface area contributed by atoms with Crippen LogP contribution in [0.15, 0.2) is 46.3 Å². The molecule has 0 aliphatic heterocycles. The third-order valence-corrected chi connectivity index (χ3v) is 4.47. The van der Waals surface area contributed by atoms with E-state index in [0.717, 1.165) is 24.3 Å². The highest BCUT2D eigenvalue weighted by Gasteiger charge is 2.26. The van der Waals surface area contributed by atoms with Gasteiger partial charge >= 0.3 is 0 Å². The molecular formula is C20H18N8O8. The maximum atomic E-state index is 13.1. The number of hydrogen-bond acceptors (Lipinski definition) is 11. The van der Waals surface area contributed by atoms with Gasteiger partial charge in [0.15, 0.2) is 11.4 Å². The van der Waals surface area contributed by atoms with Crippen LogP contribution in [0.1, 0.15) is 26.5 Å². The molecule has 2 aromatic carbocycles. The number of carbonyl (C=O) groups is 1. The number of nitro groups is 3. The molecule has 0 atom stereocenters. The summed E-state index contributed by atoms with van der Waals surface area (Å²) in [7, 11) is 0. The van der Waals surface area contributed by atoms with Gasteiger partial charge in [0, 0.05) is 23.7 Å². The molecule has 0 aliphatic rings. The van der Waals surface area contributed by atoms with Gasteiger partial charge in [0.1, 0.15) is 5.69 Å². The molecule has 0 fully saturated rings. The highest BCUT2D eigenvalue weighted by atomic mass is 16.6. The van der Waals surface area contributed by atoms with Crippen molar-refractivity contribution in [2.45, 2.75) is 26.3 Å². The minimum absolute atomic E-state index is 0.0347. The van der Waals surface area contributed by atoms with E-state index in [-0.39, 0.29) is 22.4 Å². The molecule has 3 N–H and O–H groups in total. The molecule has 0 saturated carbocycles. The number of rotatable bonds is 7. The number of aromatic amines is 1. The second-order valence-electron chi connectivity index (χ2n) is 8.37. The van der Waals surface area contributed by atoms with Crippen molar-refractivity contribution in [2.24, 2.45) is 5.10 Å². The smallest absolute Gasteiger partial charge is 0.299 e. The van der Waals surface area contributed by atoms with Gasteiger partial charge in [-0.25, -0.2) is 4.98 Å². The lowest BCUT2D eigenvalue weighted by molar-refractivity contribution is -0.393. The predicted molar refractivity (Wildman–Crippen MR) is 127 cm³/mol. The van der Waals surface area contributed by atoms with Crippen LogP contribution in [0, 0.1) is 30.3 Å². The number of fused-ring (bicyclic) bond motifs is 1. The molecule has 0 unspecified atom stereocenters. The lowest BCUT2D eigenvalue weighted by Gasteiger charge is -2.18. The van der Waals surface area contributed by atoms with Crippen LogP contribution in [-0.4, -0.2) is 41.9 Å². The van der Waals surface area contributed by atoms with Gasteiger partial charge in [-0.05, 0) is 32.9 Å². The number of aromatic nitrogens is 2. The molecule has 1 amide bonds. The fourth-order valence-corrected chi connectivity index (χ4v) is 2.86. The van der Waals surface area contributed by atoms with Crippen molar-refractivity contribution in [1.29, 1.82) is 0 Å². The Balaban J connectivity index is 2.11. The van der Waals surface area contributed by atoms with Crippen LogP contribution in [-0.2, 0) is 4.79 Å². The third-order valence-electron chi connectivity index (χ3n) is 4.47. The van der Waals surface area contributed by atoms with Gasteiger partial charge in [-0.2, -0.15) is 5.10 Å². The first-order valence-electron chi connectivity index (χ1n) is 10.0. The number of benzene rings is 2. The van der Waals surface area contributed by atoms with Gasteiger partial charge in [0.2, 0.25) is 0 Å². The maximum Gasteiger partial charge on any atom is 0.299 e. The zero-order valence-corrected chi connectivity index (χ0v) is 19.0. The topological polar surface area (TPSA) is 229 Å². The Kier molecular flexibility index (Phi) is 6.71. The summed E-state index contributed by atoms with van der Waals surface area (Å²) in [5.41, 5.74) is -1.80. The number of non-ortho nitro benzene ring substituents is 2. The molecule has 1 heterocycles. The van der Waals surface area contributed by atoms with Gasteiger partial charge in [-0.1, -0.05) is 0 Å². The average molecular weight is 498 g/mol. The van der Waals surface area contributed by atoms with E-state index >= 15 is 0 Å². The Morgan fingerprint density at radius 1 is 0.972 bits per heavy atom. The fraction of sp³-hybridized carbons (Fsp3) is 0.200. The van der Waals surface area contributed by atoms with E-state index in [1.54, 1.807) is 20.8 Å². The monoisotopic (exact) mass is 498 g/mol. The molecular weight excluding hydrogens is 480 g/mol. The first kappa shape index (κ1) is 25.3. The van der Waals surface area contributed by atoms with Crippen molar-refractivity contribution in [3.63, 3.8) is 0 Å². The number of carbonyl (C=O) groups excluding carboxylic acids is 1. The molecule has 186 valence electrons. The van der Waals surface area contributed by atoms with Crippen LogP contribution < -0.4 is 16.3 Å². The normalized spacial score (nSPS) is 11.7. The van der Waals surface area contributed by atoms with Crippen LogP contribution in [0.3, 0.4) is 0 Å². The summed E-state index contributed by atoms with van der Waals surface area (Å²) < 4.78 is 0. The average Bonchev–Trinajstić information content (AvgIpc) is 2.78. The highest BCUT2D eigenvalue weighted by Crippen LogP contribution is 2.29. The first-order chi connectivity index (χ1) is 16.8. The first-order valence-corrected chi connectivity index (χ1v) is 10.0. The minimum atomic E-state index is -1.08.